The molecule has 17 heteroatoms. The normalized spacial score (nSPS) is 11.0. The van der Waals surface area contributed by atoms with Gasteiger partial charge in [-0.1, -0.05) is 102 Å². The molecule has 0 radical (unpaired) electrons. The zero-order valence-electron chi connectivity index (χ0n) is 33.4. The average molecular weight is 867 g/mol. The van der Waals surface area contributed by atoms with Gasteiger partial charge in [0.05, 0.1) is 68.9 Å². The molecule has 2 rings (SSSR count). The van der Waals surface area contributed by atoms with Crippen LogP contribution >= 0.6 is 0 Å². The summed E-state index contributed by atoms with van der Waals surface area (Å²) in [7, 11) is -8.53. The molecule has 0 unspecified atom stereocenters. The number of unbranched alkanes of at least 4 members (excludes halogenated alkanes) is 12. The molecule has 14 nitrogen and oxygen atoms in total. The third-order valence-electron chi connectivity index (χ3n) is 8.24. The quantitative estimate of drug-likeness (QED) is 0.0277. The van der Waals surface area contributed by atoms with Gasteiger partial charge in [-0.25, -0.2) is 36.0 Å². The second-order valence-corrected chi connectivity index (χ2v) is 16.2. The minimum atomic E-state index is -4.26. The van der Waals surface area contributed by atoms with Crippen molar-refractivity contribution in [3.63, 3.8) is 0 Å². The minimum absolute atomic E-state index is 0. The largest absolute Gasteiger partial charge is 2.00 e. The molecule has 0 N–H and O–H groups in total. The van der Waals surface area contributed by atoms with Crippen molar-refractivity contribution in [2.45, 2.75) is 117 Å². The molecule has 0 heterocycles. The van der Waals surface area contributed by atoms with Crippen LogP contribution in [0.1, 0.15) is 158 Å². The van der Waals surface area contributed by atoms with Crippen LogP contribution < -0.4 is 0 Å². The Balaban J connectivity index is 0.00000108. The van der Waals surface area contributed by atoms with Crippen molar-refractivity contribution in [1.82, 2.24) is 0 Å². The van der Waals surface area contributed by atoms with Gasteiger partial charge in [-0.3, -0.25) is 0 Å². The summed E-state index contributed by atoms with van der Waals surface area (Å²) in [5, 5.41) is 0. The van der Waals surface area contributed by atoms with Crippen LogP contribution in [0.5, 0.6) is 0 Å². The zero-order valence-corrected chi connectivity index (χ0v) is 37.3. The second kappa shape index (κ2) is 32.3. The van der Waals surface area contributed by atoms with Gasteiger partial charge in [0, 0.05) is 11.5 Å². The molecule has 0 aliphatic carbocycles. The van der Waals surface area contributed by atoms with Gasteiger partial charge in [0.25, 0.3) is 0 Å². The smallest absolute Gasteiger partial charge is 0.748 e. The molecular weight excluding hydrogens is 809 g/mol. The van der Waals surface area contributed by atoms with Crippen molar-refractivity contribution in [1.29, 1.82) is 0 Å². The van der Waals surface area contributed by atoms with Crippen molar-refractivity contribution in [3.8, 4) is 0 Å². The van der Waals surface area contributed by atoms with Crippen molar-refractivity contribution in [2.24, 2.45) is 0 Å². The number of esters is 4. The topological polar surface area (TPSA) is 220 Å². The summed E-state index contributed by atoms with van der Waals surface area (Å²) in [4.78, 5) is 48.9. The first-order valence-electron chi connectivity index (χ1n) is 19.4. The van der Waals surface area contributed by atoms with E-state index in [0.29, 0.717) is 13.2 Å². The fourth-order valence-electron chi connectivity index (χ4n) is 5.18. The van der Waals surface area contributed by atoms with E-state index >= 15 is 0 Å². The van der Waals surface area contributed by atoms with Crippen LogP contribution in [0.3, 0.4) is 0 Å². The molecule has 0 spiro atoms. The Morgan fingerprint density at radius 2 is 0.649 bits per heavy atom. The van der Waals surface area contributed by atoms with Crippen LogP contribution in [-0.2, 0) is 39.2 Å². The molecule has 2 aromatic rings. The van der Waals surface area contributed by atoms with Crippen LogP contribution in [0.2, 0.25) is 0 Å². The van der Waals surface area contributed by atoms with E-state index < -0.39 is 55.6 Å². The maximum atomic E-state index is 12.3. The van der Waals surface area contributed by atoms with Gasteiger partial charge in [-0.05, 0) is 62.8 Å². The molecule has 0 fully saturated rings. The molecular formula is C40H58CaO14S2. The zero-order chi connectivity index (χ0) is 41.7. The van der Waals surface area contributed by atoms with Gasteiger partial charge in [-0.15, -0.1) is 0 Å². The van der Waals surface area contributed by atoms with E-state index in [0.717, 1.165) is 38.5 Å². The van der Waals surface area contributed by atoms with Gasteiger partial charge in [0.1, 0.15) is 0 Å². The second-order valence-electron chi connectivity index (χ2n) is 13.1. The van der Waals surface area contributed by atoms with E-state index in [-0.39, 0.29) is 98.9 Å². The molecule has 0 saturated carbocycles. The Labute approximate surface area is 368 Å². The van der Waals surface area contributed by atoms with Gasteiger partial charge < -0.3 is 28.1 Å². The van der Waals surface area contributed by atoms with E-state index in [1.165, 1.54) is 62.8 Å². The summed E-state index contributed by atoms with van der Waals surface area (Å²) < 4.78 is 83.8. The molecule has 0 atom stereocenters. The molecule has 57 heavy (non-hydrogen) atoms. The molecule has 0 aromatic heterocycles. The summed E-state index contributed by atoms with van der Waals surface area (Å²) in [5.41, 5.74) is 0.486. The summed E-state index contributed by atoms with van der Waals surface area (Å²) in [6, 6.07) is 12.5. The Kier molecular flexibility index (Phi) is 30.8. The van der Waals surface area contributed by atoms with E-state index in [1.807, 2.05) is 0 Å². The predicted octanol–water partition coefficient (Wildman–Crippen LogP) is 6.99. The molecule has 0 saturated heterocycles. The third kappa shape index (κ3) is 27.7. The standard InChI is InChI=1S/2C20H30O7S.Ca/c2*1-2-3-4-5-6-9-14-26-19(21)17-12-7-8-13-18(17)20(22)27-15-10-11-16-28(23,24)25;/h2*7-8,12-13H,2-6,9-11,14-16H2,1H3,(H,23,24,25);/q;;+2/p-2. The maximum Gasteiger partial charge on any atom is 2.00 e. The van der Waals surface area contributed by atoms with E-state index in [1.54, 1.807) is 24.3 Å². The van der Waals surface area contributed by atoms with Gasteiger partial charge in [-0.2, -0.15) is 0 Å². The monoisotopic (exact) mass is 866 g/mol. The predicted molar refractivity (Wildman–Crippen MR) is 214 cm³/mol. The third-order valence-corrected chi connectivity index (χ3v) is 9.82. The Hall–Kier alpha value is -2.60. The first kappa shape index (κ1) is 54.4. The first-order valence-corrected chi connectivity index (χ1v) is 22.6. The summed E-state index contributed by atoms with van der Waals surface area (Å²) in [6.45, 7) is 4.85. The number of hydrogen-bond donors (Lipinski definition) is 0. The molecule has 0 aliphatic rings. The molecule has 2 aromatic carbocycles. The summed E-state index contributed by atoms with van der Waals surface area (Å²) in [5.74, 6) is -3.50. The van der Waals surface area contributed by atoms with Crippen LogP contribution in [0.4, 0.5) is 0 Å². The van der Waals surface area contributed by atoms with Crippen LogP contribution in [0, 0.1) is 0 Å². The summed E-state index contributed by atoms with van der Waals surface area (Å²) >= 11 is 0. The SMILES string of the molecule is CCCCCCCCOC(=O)c1ccccc1C(=O)OCCCCS(=O)(=O)[O-].CCCCCCCCOC(=O)c1ccccc1C(=O)OCCCCS(=O)(=O)[O-].[Ca+2]. The number of rotatable bonds is 28. The number of carbonyl (C=O) groups is 4. The minimum Gasteiger partial charge on any atom is -0.748 e. The molecule has 0 bridgehead atoms. The van der Waals surface area contributed by atoms with Crippen LogP contribution in [0.15, 0.2) is 48.5 Å². The Morgan fingerprint density at radius 3 is 0.895 bits per heavy atom. The van der Waals surface area contributed by atoms with Crippen molar-refractivity contribution >= 4 is 81.9 Å². The summed E-state index contributed by atoms with van der Waals surface area (Å²) in [6.07, 6.45) is 13.6. The fraction of sp³-hybridized carbons (Fsp3) is 0.600. The number of carbonyl (C=O) groups excluding carboxylic acids is 4. The first-order chi connectivity index (χ1) is 26.7. The molecule has 316 valence electrons. The number of hydrogen-bond acceptors (Lipinski definition) is 14. The van der Waals surface area contributed by atoms with E-state index in [9.17, 15) is 45.1 Å². The average Bonchev–Trinajstić information content (AvgIpc) is 3.16. The number of benzene rings is 2. The van der Waals surface area contributed by atoms with Gasteiger partial charge in [0.15, 0.2) is 0 Å². The fourth-order valence-corrected chi connectivity index (χ4v) is 6.29. The Bertz CT molecular complexity index is 1560. The van der Waals surface area contributed by atoms with Crippen molar-refractivity contribution in [3.05, 3.63) is 70.8 Å². The van der Waals surface area contributed by atoms with Crippen LogP contribution in [-0.4, -0.2) is 125 Å². The van der Waals surface area contributed by atoms with Gasteiger partial charge >= 0.3 is 61.6 Å². The molecule has 0 aliphatic heterocycles. The van der Waals surface area contributed by atoms with E-state index in [2.05, 4.69) is 13.8 Å². The van der Waals surface area contributed by atoms with Gasteiger partial charge in [0.2, 0.25) is 0 Å². The maximum absolute atomic E-state index is 12.3. The Morgan fingerprint density at radius 1 is 0.421 bits per heavy atom. The van der Waals surface area contributed by atoms with Crippen LogP contribution in [0.25, 0.3) is 0 Å². The number of ether oxygens (including phenoxy) is 4. The van der Waals surface area contributed by atoms with Crippen molar-refractivity contribution < 1.29 is 64.1 Å². The molecule has 0 amide bonds. The van der Waals surface area contributed by atoms with Crippen molar-refractivity contribution in [2.75, 3.05) is 37.9 Å². The van der Waals surface area contributed by atoms with E-state index in [4.69, 9.17) is 18.9 Å².